The van der Waals surface area contributed by atoms with Crippen LogP contribution in [0.3, 0.4) is 0 Å². The summed E-state index contributed by atoms with van der Waals surface area (Å²) in [6, 6.07) is 0. The number of carbonyl (C=O) groups excluding carboxylic acids is 2. The Hall–Kier alpha value is -1.18. The lowest BCUT2D eigenvalue weighted by Crippen LogP contribution is -2.40. The Labute approximate surface area is 240 Å². The van der Waals surface area contributed by atoms with Crippen LogP contribution in [-0.2, 0) is 19.1 Å². The minimum Gasteiger partial charge on any atom is -0.493 e. The summed E-state index contributed by atoms with van der Waals surface area (Å²) in [5, 5.41) is 18.4. The predicted molar refractivity (Wildman–Crippen MR) is 159 cm³/mol. The van der Waals surface area contributed by atoms with Gasteiger partial charge in [0, 0.05) is 20.7 Å². The number of aliphatic hydroxyl groups excluding tert-OH is 2. The van der Waals surface area contributed by atoms with Crippen LogP contribution in [0.1, 0.15) is 131 Å². The van der Waals surface area contributed by atoms with E-state index in [1.165, 1.54) is 64.2 Å². The van der Waals surface area contributed by atoms with Crippen molar-refractivity contribution >= 4 is 11.9 Å². The van der Waals surface area contributed by atoms with Crippen molar-refractivity contribution < 1.29 is 33.8 Å². The number of nitrogens with zero attached hydrogens (tertiary/aromatic N) is 1. The van der Waals surface area contributed by atoms with E-state index in [0.29, 0.717) is 38.7 Å². The molecule has 7 nitrogen and oxygen atoms in total. The van der Waals surface area contributed by atoms with Crippen molar-refractivity contribution in [3.8, 4) is 0 Å². The Morgan fingerprint density at radius 2 is 1.23 bits per heavy atom. The van der Waals surface area contributed by atoms with Gasteiger partial charge in [0.05, 0.1) is 24.0 Å². The highest BCUT2D eigenvalue weighted by atomic mass is 16.5. The zero-order valence-electron chi connectivity index (χ0n) is 26.6. The molecule has 0 aromatic heterocycles. The molecular weight excluding hydrogens is 494 g/mol. The molecule has 3 unspecified atom stereocenters. The molecule has 39 heavy (non-hydrogen) atoms. The summed E-state index contributed by atoms with van der Waals surface area (Å²) < 4.78 is 11.7. The molecule has 0 aliphatic heterocycles. The molecule has 0 saturated carbocycles. The van der Waals surface area contributed by atoms with Crippen LogP contribution < -0.4 is 0 Å². The lowest BCUT2D eigenvalue weighted by Gasteiger charge is -2.40. The molecule has 0 saturated heterocycles. The Kier molecular flexibility index (Phi) is 20.0. The SMILES string of the molecule is CCCCCCCCCCCC[N+](C)(C)[CH-]COC(=O)C(C)(CC)CCCC(C)(CC)C(=O)OCC(O)CO. The van der Waals surface area contributed by atoms with E-state index in [2.05, 4.69) is 27.6 Å². The van der Waals surface area contributed by atoms with Gasteiger partial charge >= 0.3 is 11.9 Å². The van der Waals surface area contributed by atoms with Gasteiger partial charge in [0.15, 0.2) is 0 Å². The second-order valence-corrected chi connectivity index (χ2v) is 12.6. The number of unbranched alkanes of at least 4 members (excludes halogenated alkanes) is 9. The predicted octanol–water partition coefficient (Wildman–Crippen LogP) is 6.59. The molecular formula is C32H63NO6. The fourth-order valence-corrected chi connectivity index (χ4v) is 4.70. The monoisotopic (exact) mass is 557 g/mol. The van der Waals surface area contributed by atoms with Crippen LogP contribution in [-0.4, -0.2) is 73.2 Å². The largest absolute Gasteiger partial charge is 0.493 e. The van der Waals surface area contributed by atoms with Crippen LogP contribution in [0.2, 0.25) is 0 Å². The van der Waals surface area contributed by atoms with Crippen LogP contribution in [0.25, 0.3) is 0 Å². The minimum atomic E-state index is -1.07. The average molecular weight is 558 g/mol. The highest BCUT2D eigenvalue weighted by Crippen LogP contribution is 2.35. The summed E-state index contributed by atoms with van der Waals surface area (Å²) in [7, 11) is 4.32. The zero-order chi connectivity index (χ0) is 29.8. The molecule has 0 spiro atoms. The topological polar surface area (TPSA) is 93.1 Å². The molecule has 0 aromatic rings. The van der Waals surface area contributed by atoms with E-state index >= 15 is 0 Å². The second-order valence-electron chi connectivity index (χ2n) is 12.6. The zero-order valence-corrected chi connectivity index (χ0v) is 26.6. The van der Waals surface area contributed by atoms with Crippen molar-refractivity contribution in [2.24, 2.45) is 10.8 Å². The van der Waals surface area contributed by atoms with Gasteiger partial charge in [-0.1, -0.05) is 85.1 Å². The summed E-state index contributed by atoms with van der Waals surface area (Å²) in [4.78, 5) is 25.6. The number of likely N-dealkylation sites (N-methyl/N-ethyl adjacent to an activating group) is 1. The van der Waals surface area contributed by atoms with E-state index in [1.807, 2.05) is 27.7 Å². The van der Waals surface area contributed by atoms with Crippen LogP contribution >= 0.6 is 0 Å². The van der Waals surface area contributed by atoms with Gasteiger partial charge in [-0.3, -0.25) is 9.59 Å². The first kappa shape index (κ1) is 37.8. The molecule has 0 aromatic carbocycles. The molecule has 0 amide bonds. The second kappa shape index (κ2) is 20.7. The molecule has 0 rings (SSSR count). The third kappa shape index (κ3) is 16.6. The first-order valence-electron chi connectivity index (χ1n) is 15.7. The van der Waals surface area contributed by atoms with Gasteiger partial charge in [-0.05, 0) is 52.4 Å². The smallest absolute Gasteiger partial charge is 0.311 e. The van der Waals surface area contributed by atoms with Crippen LogP contribution in [0.5, 0.6) is 0 Å². The third-order valence-electron chi connectivity index (χ3n) is 8.49. The van der Waals surface area contributed by atoms with E-state index < -0.39 is 23.5 Å². The van der Waals surface area contributed by atoms with Crippen molar-refractivity contribution in [1.29, 1.82) is 0 Å². The Bertz CT molecular complexity index is 655. The maximum absolute atomic E-state index is 13.0. The molecule has 0 aliphatic carbocycles. The lowest BCUT2D eigenvalue weighted by molar-refractivity contribution is -0.861. The number of hydrogen-bond acceptors (Lipinski definition) is 6. The molecule has 7 heteroatoms. The maximum atomic E-state index is 13.0. The van der Waals surface area contributed by atoms with Crippen molar-refractivity contribution in [3.63, 3.8) is 0 Å². The highest BCUT2D eigenvalue weighted by molar-refractivity contribution is 5.77. The van der Waals surface area contributed by atoms with E-state index in [-0.39, 0.29) is 18.5 Å². The van der Waals surface area contributed by atoms with Crippen molar-refractivity contribution in [2.45, 2.75) is 137 Å². The molecule has 2 N–H and O–H groups in total. The van der Waals surface area contributed by atoms with E-state index in [9.17, 15) is 14.7 Å². The number of rotatable bonds is 25. The van der Waals surface area contributed by atoms with Crippen molar-refractivity contribution in [3.05, 3.63) is 6.54 Å². The molecule has 0 bridgehead atoms. The fraction of sp³-hybridized carbons (Fsp3) is 0.906. The standard InChI is InChI=1S/C32H63NO6/c1-8-11-12-13-14-15-16-17-18-19-23-33(6,7)24-25-38-29(36)31(4,9-2)21-20-22-32(5,10-3)30(37)39-27-28(35)26-34/h24,28,34-35H,8-23,25-27H2,1-7H3. The number of quaternary nitrogens is 1. The van der Waals surface area contributed by atoms with Gasteiger partial charge in [0.2, 0.25) is 0 Å². The summed E-state index contributed by atoms with van der Waals surface area (Å²) in [5.41, 5.74) is -1.30. The van der Waals surface area contributed by atoms with Gasteiger partial charge < -0.3 is 24.2 Å². The quantitative estimate of drug-likeness (QED) is 0.0569. The van der Waals surface area contributed by atoms with Gasteiger partial charge in [0.1, 0.15) is 12.7 Å². The average Bonchev–Trinajstić information content (AvgIpc) is 2.91. The summed E-state index contributed by atoms with van der Waals surface area (Å²) in [5.74, 6) is -0.567. The Morgan fingerprint density at radius 3 is 1.69 bits per heavy atom. The van der Waals surface area contributed by atoms with Crippen LogP contribution in [0.4, 0.5) is 0 Å². The molecule has 0 aliphatic rings. The van der Waals surface area contributed by atoms with Crippen LogP contribution in [0.15, 0.2) is 0 Å². The van der Waals surface area contributed by atoms with Crippen LogP contribution in [0, 0.1) is 17.4 Å². The van der Waals surface area contributed by atoms with Crippen molar-refractivity contribution in [2.75, 3.05) is 40.5 Å². The van der Waals surface area contributed by atoms with E-state index in [4.69, 9.17) is 14.6 Å². The van der Waals surface area contributed by atoms with Gasteiger partial charge in [-0.15, -0.1) is 0 Å². The molecule has 0 radical (unpaired) electrons. The van der Waals surface area contributed by atoms with Gasteiger partial charge in [-0.25, -0.2) is 0 Å². The third-order valence-corrected chi connectivity index (χ3v) is 8.49. The van der Waals surface area contributed by atoms with Crippen molar-refractivity contribution in [1.82, 2.24) is 0 Å². The maximum Gasteiger partial charge on any atom is 0.311 e. The number of ether oxygens (including phenoxy) is 2. The first-order chi connectivity index (χ1) is 18.4. The van der Waals surface area contributed by atoms with Gasteiger partial charge in [-0.2, -0.15) is 0 Å². The lowest BCUT2D eigenvalue weighted by atomic mass is 9.77. The molecule has 3 atom stereocenters. The summed E-state index contributed by atoms with van der Waals surface area (Å²) in [6.07, 6.45) is 15.3. The number of aliphatic hydroxyl groups is 2. The Balaban J connectivity index is 4.38. The number of esters is 2. The normalized spacial score (nSPS) is 15.8. The molecule has 232 valence electrons. The first-order valence-corrected chi connectivity index (χ1v) is 15.7. The highest BCUT2D eigenvalue weighted by Gasteiger charge is 2.36. The van der Waals surface area contributed by atoms with E-state index in [0.717, 1.165) is 11.0 Å². The van der Waals surface area contributed by atoms with Gasteiger partial charge in [0.25, 0.3) is 0 Å². The Morgan fingerprint density at radius 1 is 0.769 bits per heavy atom. The fourth-order valence-electron chi connectivity index (χ4n) is 4.70. The van der Waals surface area contributed by atoms with E-state index in [1.54, 1.807) is 0 Å². The molecule has 0 fully saturated rings. The summed E-state index contributed by atoms with van der Waals surface area (Å²) in [6.45, 7) is 12.7. The number of carbonyl (C=O) groups is 2. The minimum absolute atomic E-state index is 0.188. The number of hydrogen-bond donors (Lipinski definition) is 2. The molecule has 0 heterocycles. The summed E-state index contributed by atoms with van der Waals surface area (Å²) >= 11 is 0.